The van der Waals surface area contributed by atoms with Crippen LogP contribution in [-0.2, 0) is 0 Å². The first kappa shape index (κ1) is 9.84. The van der Waals surface area contributed by atoms with Crippen molar-refractivity contribution < 1.29 is 0 Å². The number of thioether (sulfide) groups is 1. The summed E-state index contributed by atoms with van der Waals surface area (Å²) in [6.07, 6.45) is 2.53. The van der Waals surface area contributed by atoms with E-state index in [0.29, 0.717) is 5.25 Å². The van der Waals surface area contributed by atoms with E-state index in [4.69, 9.17) is 17.3 Å². The van der Waals surface area contributed by atoms with Gasteiger partial charge < -0.3 is 5.73 Å². The summed E-state index contributed by atoms with van der Waals surface area (Å²) in [4.78, 5) is 1.15. The van der Waals surface area contributed by atoms with Crippen LogP contribution >= 0.6 is 34.7 Å². The van der Waals surface area contributed by atoms with Gasteiger partial charge in [-0.2, -0.15) is 11.8 Å². The SMILES string of the molecule is NC(c1sccc1Cl)C1CCCS1. The van der Waals surface area contributed by atoms with Crippen molar-refractivity contribution in [2.45, 2.75) is 24.1 Å². The summed E-state index contributed by atoms with van der Waals surface area (Å²) in [5, 5.41) is 3.43. The van der Waals surface area contributed by atoms with Gasteiger partial charge in [-0.05, 0) is 30.0 Å². The Labute approximate surface area is 91.7 Å². The van der Waals surface area contributed by atoms with Crippen LogP contribution in [0.1, 0.15) is 23.8 Å². The van der Waals surface area contributed by atoms with Crippen LogP contribution in [0.25, 0.3) is 0 Å². The Kier molecular flexibility index (Phi) is 3.19. The lowest BCUT2D eigenvalue weighted by Crippen LogP contribution is -2.20. The largest absolute Gasteiger partial charge is 0.322 e. The fraction of sp³-hybridized carbons (Fsp3) is 0.556. The van der Waals surface area contributed by atoms with Crippen LogP contribution in [0.3, 0.4) is 0 Å². The van der Waals surface area contributed by atoms with Crippen LogP contribution in [-0.4, -0.2) is 11.0 Å². The van der Waals surface area contributed by atoms with Crippen molar-refractivity contribution in [3.63, 3.8) is 0 Å². The standard InChI is InChI=1S/C9H12ClNS2/c10-6-3-5-13-9(6)8(11)7-2-1-4-12-7/h3,5,7-8H,1-2,4,11H2. The van der Waals surface area contributed by atoms with Gasteiger partial charge in [0.05, 0.1) is 11.1 Å². The van der Waals surface area contributed by atoms with Gasteiger partial charge in [0.2, 0.25) is 0 Å². The minimum Gasteiger partial charge on any atom is -0.322 e. The van der Waals surface area contributed by atoms with Gasteiger partial charge in [-0.1, -0.05) is 11.6 Å². The zero-order valence-electron chi connectivity index (χ0n) is 7.20. The minimum atomic E-state index is 0.139. The second-order valence-corrected chi connectivity index (χ2v) is 5.91. The molecular weight excluding hydrogens is 222 g/mol. The van der Waals surface area contributed by atoms with Crippen LogP contribution in [0.5, 0.6) is 0 Å². The lowest BCUT2D eigenvalue weighted by molar-refractivity contribution is 0.655. The number of nitrogens with two attached hydrogens (primary N) is 1. The molecule has 0 spiro atoms. The maximum absolute atomic E-state index is 6.15. The Morgan fingerprint density at radius 1 is 1.62 bits per heavy atom. The summed E-state index contributed by atoms with van der Waals surface area (Å²) in [6, 6.07) is 2.07. The molecule has 2 atom stereocenters. The third-order valence-electron chi connectivity index (χ3n) is 2.31. The molecule has 13 heavy (non-hydrogen) atoms. The van der Waals surface area contributed by atoms with Gasteiger partial charge in [0.25, 0.3) is 0 Å². The number of halogens is 1. The molecule has 72 valence electrons. The molecule has 1 aromatic heterocycles. The number of thiophene rings is 1. The zero-order chi connectivity index (χ0) is 9.26. The number of rotatable bonds is 2. The van der Waals surface area contributed by atoms with Gasteiger partial charge in [0.15, 0.2) is 0 Å². The summed E-state index contributed by atoms with van der Waals surface area (Å²) in [5.74, 6) is 1.25. The molecule has 4 heteroatoms. The van der Waals surface area contributed by atoms with Crippen molar-refractivity contribution in [2.75, 3.05) is 5.75 Å². The lowest BCUT2D eigenvalue weighted by Gasteiger charge is -2.16. The smallest absolute Gasteiger partial charge is 0.0561 e. The normalized spacial score (nSPS) is 24.9. The lowest BCUT2D eigenvalue weighted by atomic mass is 10.1. The summed E-state index contributed by atoms with van der Waals surface area (Å²) in [7, 11) is 0. The van der Waals surface area contributed by atoms with E-state index in [0.717, 1.165) is 9.90 Å². The molecule has 0 saturated carbocycles. The predicted molar refractivity (Wildman–Crippen MR) is 61.7 cm³/mol. The fourth-order valence-electron chi connectivity index (χ4n) is 1.60. The van der Waals surface area contributed by atoms with Crippen LogP contribution < -0.4 is 5.73 Å². The Morgan fingerprint density at radius 3 is 3.00 bits per heavy atom. The minimum absolute atomic E-state index is 0.139. The second-order valence-electron chi connectivity index (χ2n) is 3.21. The van der Waals surface area contributed by atoms with Crippen LogP contribution in [0, 0.1) is 0 Å². The Bertz CT molecular complexity index is 281. The third-order valence-corrected chi connectivity index (χ3v) is 5.25. The molecule has 2 rings (SSSR count). The predicted octanol–water partition coefficient (Wildman–Crippen LogP) is 3.30. The molecule has 0 radical (unpaired) electrons. The molecule has 1 aliphatic rings. The van der Waals surface area contributed by atoms with Crippen molar-refractivity contribution in [3.05, 3.63) is 21.3 Å². The van der Waals surface area contributed by atoms with Gasteiger partial charge in [0.1, 0.15) is 0 Å². The Morgan fingerprint density at radius 2 is 2.46 bits per heavy atom. The molecular formula is C9H12ClNS2. The summed E-state index contributed by atoms with van der Waals surface area (Å²) in [6.45, 7) is 0. The molecule has 1 aliphatic heterocycles. The quantitative estimate of drug-likeness (QED) is 0.849. The van der Waals surface area contributed by atoms with Gasteiger partial charge in [-0.25, -0.2) is 0 Å². The summed E-state index contributed by atoms with van der Waals surface area (Å²) in [5.41, 5.74) is 6.15. The molecule has 1 nitrogen and oxygen atoms in total. The Balaban J connectivity index is 2.12. The van der Waals surface area contributed by atoms with Crippen molar-refractivity contribution in [1.82, 2.24) is 0 Å². The van der Waals surface area contributed by atoms with E-state index in [2.05, 4.69) is 0 Å². The van der Waals surface area contributed by atoms with Gasteiger partial charge in [-0.3, -0.25) is 0 Å². The second kappa shape index (κ2) is 4.22. The molecule has 2 heterocycles. The van der Waals surface area contributed by atoms with Crippen LogP contribution in [0.15, 0.2) is 11.4 Å². The van der Waals surface area contributed by atoms with Gasteiger partial charge in [-0.15, -0.1) is 11.3 Å². The molecule has 2 unspecified atom stereocenters. The van der Waals surface area contributed by atoms with Crippen LogP contribution in [0.2, 0.25) is 5.02 Å². The van der Waals surface area contributed by atoms with E-state index in [-0.39, 0.29) is 6.04 Å². The highest BCUT2D eigenvalue weighted by molar-refractivity contribution is 8.00. The van der Waals surface area contributed by atoms with E-state index in [1.54, 1.807) is 11.3 Å². The van der Waals surface area contributed by atoms with Crippen LogP contribution in [0.4, 0.5) is 0 Å². The van der Waals surface area contributed by atoms with Crippen molar-refractivity contribution in [2.24, 2.45) is 5.73 Å². The molecule has 1 saturated heterocycles. The van der Waals surface area contributed by atoms with E-state index in [1.165, 1.54) is 18.6 Å². The first-order valence-corrected chi connectivity index (χ1v) is 6.70. The highest BCUT2D eigenvalue weighted by Crippen LogP contribution is 2.38. The summed E-state index contributed by atoms with van der Waals surface area (Å²) < 4.78 is 0. The Hall–Kier alpha value is 0.300. The topological polar surface area (TPSA) is 26.0 Å². The van der Waals surface area contributed by atoms with Gasteiger partial charge >= 0.3 is 0 Å². The molecule has 0 aromatic carbocycles. The fourth-order valence-corrected chi connectivity index (χ4v) is 4.25. The highest BCUT2D eigenvalue weighted by Gasteiger charge is 2.25. The highest BCUT2D eigenvalue weighted by atomic mass is 35.5. The van der Waals surface area contributed by atoms with Crippen molar-refractivity contribution >= 4 is 34.7 Å². The maximum atomic E-state index is 6.15. The van der Waals surface area contributed by atoms with Crippen molar-refractivity contribution in [3.8, 4) is 0 Å². The number of hydrogen-bond donors (Lipinski definition) is 1. The third kappa shape index (κ3) is 2.04. The van der Waals surface area contributed by atoms with E-state index in [9.17, 15) is 0 Å². The van der Waals surface area contributed by atoms with E-state index in [1.807, 2.05) is 23.2 Å². The zero-order valence-corrected chi connectivity index (χ0v) is 9.59. The van der Waals surface area contributed by atoms with Gasteiger partial charge in [0, 0.05) is 10.1 Å². The molecule has 0 aliphatic carbocycles. The molecule has 1 aromatic rings. The molecule has 0 amide bonds. The first-order chi connectivity index (χ1) is 6.29. The first-order valence-electron chi connectivity index (χ1n) is 4.39. The van der Waals surface area contributed by atoms with E-state index >= 15 is 0 Å². The number of hydrogen-bond acceptors (Lipinski definition) is 3. The van der Waals surface area contributed by atoms with Crippen molar-refractivity contribution in [1.29, 1.82) is 0 Å². The average Bonchev–Trinajstić information content (AvgIpc) is 2.72. The molecule has 0 bridgehead atoms. The van der Waals surface area contributed by atoms with E-state index < -0.39 is 0 Å². The monoisotopic (exact) mass is 233 g/mol. The molecule has 1 fully saturated rings. The summed E-state index contributed by atoms with van der Waals surface area (Å²) >= 11 is 9.69. The average molecular weight is 234 g/mol. The maximum Gasteiger partial charge on any atom is 0.0561 e. The molecule has 2 N–H and O–H groups in total.